The molecule has 0 unspecified atom stereocenters. The molecule has 0 aliphatic rings. The van der Waals surface area contributed by atoms with Crippen LogP contribution in [0.4, 0.5) is 14.5 Å². The Morgan fingerprint density at radius 3 is 2.31 bits per heavy atom. The van der Waals surface area contributed by atoms with Crippen LogP contribution in [0.2, 0.25) is 0 Å². The smallest absolute Gasteiger partial charge is 0.339 e. The molecule has 2 aromatic rings. The van der Waals surface area contributed by atoms with Crippen molar-refractivity contribution in [3.8, 4) is 0 Å². The summed E-state index contributed by atoms with van der Waals surface area (Å²) in [5.74, 6) is -3.80. The lowest BCUT2D eigenvalue weighted by atomic mass is 10.2. The van der Waals surface area contributed by atoms with Crippen molar-refractivity contribution >= 4 is 27.6 Å². The van der Waals surface area contributed by atoms with Gasteiger partial charge in [-0.25, -0.2) is 27.1 Å². The Bertz CT molecular complexity index is 943. The standard InChI is InChI=1S/C16H14F2N2O5S/c1-9(25-16(22)10-5-11(17)7-12(18)6-10)15(21)20-13-3-2-4-14(8-13)26(19,23)24/h2-9H,1H3,(H,20,21)(H2,19,23,24)/t9-/m0/s1. The van der Waals surface area contributed by atoms with Crippen LogP contribution in [0.25, 0.3) is 0 Å². The second kappa shape index (κ2) is 7.58. The minimum Gasteiger partial charge on any atom is -0.449 e. The molecule has 0 bridgehead atoms. The quantitative estimate of drug-likeness (QED) is 0.763. The number of primary sulfonamides is 1. The van der Waals surface area contributed by atoms with Crippen LogP contribution in [0, 0.1) is 11.6 Å². The average molecular weight is 384 g/mol. The number of carbonyl (C=O) groups excluding carboxylic acids is 2. The van der Waals surface area contributed by atoms with E-state index in [2.05, 4.69) is 5.32 Å². The molecule has 3 N–H and O–H groups in total. The minimum atomic E-state index is -3.95. The zero-order valence-corrected chi connectivity index (χ0v) is 14.2. The number of halogens is 2. The van der Waals surface area contributed by atoms with Crippen LogP contribution in [0.1, 0.15) is 17.3 Å². The van der Waals surface area contributed by atoms with Gasteiger partial charge in [0.05, 0.1) is 10.5 Å². The number of hydrogen-bond donors (Lipinski definition) is 2. The molecule has 0 spiro atoms. The highest BCUT2D eigenvalue weighted by molar-refractivity contribution is 7.89. The van der Waals surface area contributed by atoms with Gasteiger partial charge >= 0.3 is 5.97 Å². The number of hydrogen-bond acceptors (Lipinski definition) is 5. The first-order valence-corrected chi connectivity index (χ1v) is 8.71. The summed E-state index contributed by atoms with van der Waals surface area (Å²) in [6.07, 6.45) is -1.31. The van der Waals surface area contributed by atoms with E-state index in [1.807, 2.05) is 0 Å². The molecule has 0 radical (unpaired) electrons. The van der Waals surface area contributed by atoms with Gasteiger partial charge < -0.3 is 10.1 Å². The van der Waals surface area contributed by atoms with Crippen LogP contribution in [0.15, 0.2) is 47.4 Å². The third-order valence-electron chi connectivity index (χ3n) is 3.18. The second-order valence-electron chi connectivity index (χ2n) is 5.27. The topological polar surface area (TPSA) is 116 Å². The molecule has 2 aromatic carbocycles. The van der Waals surface area contributed by atoms with Crippen LogP contribution >= 0.6 is 0 Å². The monoisotopic (exact) mass is 384 g/mol. The Hall–Kier alpha value is -2.85. The van der Waals surface area contributed by atoms with Gasteiger partial charge in [-0.2, -0.15) is 0 Å². The number of nitrogens with one attached hydrogen (secondary N) is 1. The second-order valence-corrected chi connectivity index (χ2v) is 6.83. The molecule has 0 fully saturated rings. The van der Waals surface area contributed by atoms with Crippen LogP contribution < -0.4 is 10.5 Å². The molecule has 10 heteroatoms. The van der Waals surface area contributed by atoms with Crippen LogP contribution in [0.5, 0.6) is 0 Å². The first-order chi connectivity index (χ1) is 12.1. The maximum Gasteiger partial charge on any atom is 0.339 e. The highest BCUT2D eigenvalue weighted by atomic mass is 32.2. The largest absolute Gasteiger partial charge is 0.449 e. The predicted octanol–water partition coefficient (Wildman–Crippen LogP) is 1.80. The molecule has 0 saturated carbocycles. The van der Waals surface area contributed by atoms with Gasteiger partial charge in [-0.05, 0) is 37.3 Å². The zero-order chi connectivity index (χ0) is 19.5. The number of ether oxygens (including phenoxy) is 1. The molecule has 0 aliphatic heterocycles. The number of anilines is 1. The Morgan fingerprint density at radius 1 is 1.12 bits per heavy atom. The molecule has 0 heterocycles. The van der Waals surface area contributed by atoms with Crippen LogP contribution in [0.3, 0.4) is 0 Å². The highest BCUT2D eigenvalue weighted by Crippen LogP contribution is 2.15. The fraction of sp³-hybridized carbons (Fsp3) is 0.125. The lowest BCUT2D eigenvalue weighted by Crippen LogP contribution is -2.30. The summed E-state index contributed by atoms with van der Waals surface area (Å²) in [6.45, 7) is 1.24. The van der Waals surface area contributed by atoms with Crippen molar-refractivity contribution in [2.45, 2.75) is 17.9 Å². The molecule has 2 rings (SSSR count). The summed E-state index contributed by atoms with van der Waals surface area (Å²) in [6, 6.07) is 7.27. The Balaban J connectivity index is 2.07. The van der Waals surface area contributed by atoms with Gasteiger partial charge in [0.1, 0.15) is 11.6 Å². The molecule has 0 aliphatic carbocycles. The summed E-state index contributed by atoms with van der Waals surface area (Å²) < 4.78 is 53.7. The summed E-state index contributed by atoms with van der Waals surface area (Å²) in [5.41, 5.74) is -0.278. The number of rotatable bonds is 5. The van der Waals surface area contributed by atoms with E-state index in [-0.39, 0.29) is 10.6 Å². The molecular formula is C16H14F2N2O5S. The predicted molar refractivity (Wildman–Crippen MR) is 87.7 cm³/mol. The Labute approximate surface area is 147 Å². The molecular weight excluding hydrogens is 370 g/mol. The molecule has 26 heavy (non-hydrogen) atoms. The average Bonchev–Trinajstić information content (AvgIpc) is 2.53. The van der Waals surface area contributed by atoms with E-state index >= 15 is 0 Å². The van der Waals surface area contributed by atoms with Crippen molar-refractivity contribution in [1.82, 2.24) is 0 Å². The highest BCUT2D eigenvalue weighted by Gasteiger charge is 2.20. The normalized spacial score (nSPS) is 12.3. The molecule has 138 valence electrons. The third-order valence-corrected chi connectivity index (χ3v) is 4.09. The van der Waals surface area contributed by atoms with E-state index in [0.29, 0.717) is 6.07 Å². The molecule has 1 amide bonds. The van der Waals surface area contributed by atoms with Crippen molar-refractivity contribution < 1.29 is 31.5 Å². The van der Waals surface area contributed by atoms with Gasteiger partial charge in [0.25, 0.3) is 5.91 Å². The maximum absolute atomic E-state index is 13.1. The van der Waals surface area contributed by atoms with E-state index < -0.39 is 45.2 Å². The summed E-state index contributed by atoms with van der Waals surface area (Å²) in [4.78, 5) is 23.7. The van der Waals surface area contributed by atoms with Crippen LogP contribution in [-0.2, 0) is 19.6 Å². The first-order valence-electron chi connectivity index (χ1n) is 7.17. The molecule has 0 saturated heterocycles. The minimum absolute atomic E-state index is 0.112. The van der Waals surface area contributed by atoms with E-state index in [1.54, 1.807) is 0 Å². The van der Waals surface area contributed by atoms with Crippen molar-refractivity contribution in [3.63, 3.8) is 0 Å². The van der Waals surface area contributed by atoms with E-state index in [4.69, 9.17) is 9.88 Å². The van der Waals surface area contributed by atoms with Crippen molar-refractivity contribution in [2.75, 3.05) is 5.32 Å². The number of sulfonamides is 1. The maximum atomic E-state index is 13.1. The van der Waals surface area contributed by atoms with Gasteiger partial charge in [0.15, 0.2) is 6.10 Å². The van der Waals surface area contributed by atoms with E-state index in [1.165, 1.54) is 25.1 Å². The van der Waals surface area contributed by atoms with E-state index in [9.17, 15) is 26.8 Å². The number of amides is 1. The summed E-state index contributed by atoms with van der Waals surface area (Å²) in [7, 11) is -3.95. The van der Waals surface area contributed by atoms with Crippen molar-refractivity contribution in [1.29, 1.82) is 0 Å². The van der Waals surface area contributed by atoms with Gasteiger partial charge in [-0.3, -0.25) is 4.79 Å². The Kier molecular flexibility index (Phi) is 5.68. The Morgan fingerprint density at radius 2 is 1.73 bits per heavy atom. The molecule has 7 nitrogen and oxygen atoms in total. The SMILES string of the molecule is C[C@H](OC(=O)c1cc(F)cc(F)c1)C(=O)Nc1cccc(S(N)(=O)=O)c1. The molecule has 1 atom stereocenters. The van der Waals surface area contributed by atoms with Crippen LogP contribution in [-0.4, -0.2) is 26.4 Å². The van der Waals surface area contributed by atoms with Crippen molar-refractivity contribution in [3.05, 3.63) is 59.7 Å². The lowest BCUT2D eigenvalue weighted by Gasteiger charge is -2.14. The number of nitrogens with two attached hydrogens (primary N) is 1. The fourth-order valence-electron chi connectivity index (χ4n) is 1.95. The number of esters is 1. The van der Waals surface area contributed by atoms with Gasteiger partial charge in [-0.1, -0.05) is 6.07 Å². The molecule has 0 aromatic heterocycles. The fourth-order valence-corrected chi connectivity index (χ4v) is 2.51. The zero-order valence-electron chi connectivity index (χ0n) is 13.4. The van der Waals surface area contributed by atoms with Gasteiger partial charge in [-0.15, -0.1) is 0 Å². The van der Waals surface area contributed by atoms with Crippen molar-refractivity contribution in [2.24, 2.45) is 5.14 Å². The third kappa shape index (κ3) is 5.07. The van der Waals surface area contributed by atoms with Gasteiger partial charge in [0, 0.05) is 11.8 Å². The lowest BCUT2D eigenvalue weighted by molar-refractivity contribution is -0.123. The first kappa shape index (κ1) is 19.5. The summed E-state index contributed by atoms with van der Waals surface area (Å²) in [5, 5.41) is 7.35. The van der Waals surface area contributed by atoms with E-state index in [0.717, 1.165) is 18.2 Å². The van der Waals surface area contributed by atoms with Gasteiger partial charge in [0.2, 0.25) is 10.0 Å². The summed E-state index contributed by atoms with van der Waals surface area (Å²) >= 11 is 0. The number of carbonyl (C=O) groups is 2. The number of benzene rings is 2.